The molecule has 3 atom stereocenters. The van der Waals surface area contributed by atoms with Gasteiger partial charge in [-0.05, 0) is 59.0 Å². The molecule has 0 bridgehead atoms. The van der Waals surface area contributed by atoms with Crippen molar-refractivity contribution in [1.29, 1.82) is 0 Å². The number of carbonyl (C=O) groups is 1. The predicted molar refractivity (Wildman–Crippen MR) is 124 cm³/mol. The molecular weight excluding hydrogens is 477 g/mol. The zero-order valence-electron chi connectivity index (χ0n) is 17.9. The Morgan fingerprint density at radius 3 is 2.44 bits per heavy atom. The smallest absolute Gasteiger partial charge is 0.337 e. The number of aromatic carboxylic acids is 1. The standard InChI is InChI=1S/C25H23BrFNO4/c1-13-22(14-7-8-20(31-2)21(10-14)32-3)18-11-16(26)12-19(25(29)30)24(18)28-23(13)15-5-4-6-17(27)9-15/h4-13,22-23,28H,1-3H3,(H,29,30)/t13-,22-,23-/m0/s1. The van der Waals surface area contributed by atoms with Crippen LogP contribution in [0.2, 0.25) is 0 Å². The maximum atomic E-state index is 14.0. The Morgan fingerprint density at radius 2 is 1.78 bits per heavy atom. The second-order valence-electron chi connectivity index (χ2n) is 7.85. The van der Waals surface area contributed by atoms with Gasteiger partial charge < -0.3 is 19.9 Å². The minimum absolute atomic E-state index is 0.0293. The fourth-order valence-electron chi connectivity index (χ4n) is 4.58. The SMILES string of the molecule is COc1ccc([C@H]2c3cc(Br)cc(C(=O)O)c3N[C@H](c3cccc(F)c3)[C@H]2C)cc1OC. The van der Waals surface area contributed by atoms with Crippen molar-refractivity contribution in [3.63, 3.8) is 0 Å². The lowest BCUT2D eigenvalue weighted by atomic mass is 9.72. The maximum absolute atomic E-state index is 14.0. The Morgan fingerprint density at radius 1 is 1.03 bits per heavy atom. The molecule has 2 N–H and O–H groups in total. The summed E-state index contributed by atoms with van der Waals surface area (Å²) in [6.07, 6.45) is 0. The molecule has 4 rings (SSSR count). The summed E-state index contributed by atoms with van der Waals surface area (Å²) in [6, 6.07) is 15.4. The van der Waals surface area contributed by atoms with Gasteiger partial charge >= 0.3 is 5.97 Å². The summed E-state index contributed by atoms with van der Waals surface area (Å²) < 4.78 is 25.6. The fraction of sp³-hybridized carbons (Fsp3) is 0.240. The first kappa shape index (κ1) is 22.1. The highest BCUT2D eigenvalue weighted by Gasteiger charge is 2.38. The Balaban J connectivity index is 1.95. The van der Waals surface area contributed by atoms with E-state index < -0.39 is 5.97 Å². The average Bonchev–Trinajstić information content (AvgIpc) is 2.77. The lowest BCUT2D eigenvalue weighted by Crippen LogP contribution is -2.32. The van der Waals surface area contributed by atoms with E-state index in [0.717, 1.165) is 16.7 Å². The predicted octanol–water partition coefficient (Wildman–Crippen LogP) is 6.24. The Labute approximate surface area is 194 Å². The van der Waals surface area contributed by atoms with Crippen molar-refractivity contribution in [2.24, 2.45) is 5.92 Å². The van der Waals surface area contributed by atoms with Crippen molar-refractivity contribution in [2.75, 3.05) is 19.5 Å². The number of anilines is 1. The number of halogens is 2. The largest absolute Gasteiger partial charge is 0.493 e. The molecule has 3 aromatic rings. The number of hydrogen-bond acceptors (Lipinski definition) is 4. The summed E-state index contributed by atoms with van der Waals surface area (Å²) in [6.45, 7) is 2.08. The van der Waals surface area contributed by atoms with E-state index in [1.165, 1.54) is 12.1 Å². The molecule has 1 aliphatic rings. The molecular formula is C25H23BrFNO4. The molecule has 0 aliphatic carbocycles. The van der Waals surface area contributed by atoms with Crippen LogP contribution >= 0.6 is 15.9 Å². The van der Waals surface area contributed by atoms with Crippen molar-refractivity contribution in [1.82, 2.24) is 0 Å². The van der Waals surface area contributed by atoms with Gasteiger partial charge in [-0.2, -0.15) is 0 Å². The number of carboxylic acids is 1. The third kappa shape index (κ3) is 3.93. The molecule has 166 valence electrons. The quantitative estimate of drug-likeness (QED) is 0.434. The van der Waals surface area contributed by atoms with Crippen LogP contribution in [0.15, 0.2) is 59.1 Å². The molecule has 0 amide bonds. The number of ether oxygens (including phenoxy) is 2. The van der Waals surface area contributed by atoms with E-state index in [1.807, 2.05) is 30.3 Å². The normalized spacial score (nSPS) is 19.6. The monoisotopic (exact) mass is 499 g/mol. The highest BCUT2D eigenvalue weighted by molar-refractivity contribution is 9.10. The summed E-state index contributed by atoms with van der Waals surface area (Å²) in [5.74, 6) is -0.366. The second-order valence-corrected chi connectivity index (χ2v) is 8.77. The van der Waals surface area contributed by atoms with Crippen LogP contribution < -0.4 is 14.8 Å². The van der Waals surface area contributed by atoms with Crippen molar-refractivity contribution >= 4 is 27.6 Å². The molecule has 0 fully saturated rings. The summed E-state index contributed by atoms with van der Waals surface area (Å²) in [5.41, 5.74) is 3.26. The fourth-order valence-corrected chi connectivity index (χ4v) is 5.06. The first-order valence-electron chi connectivity index (χ1n) is 10.1. The molecule has 3 aromatic carbocycles. The van der Waals surface area contributed by atoms with Crippen LogP contribution in [0.1, 0.15) is 45.9 Å². The van der Waals surface area contributed by atoms with Gasteiger partial charge in [0.25, 0.3) is 0 Å². The summed E-state index contributed by atoms with van der Waals surface area (Å²) in [7, 11) is 3.16. The van der Waals surface area contributed by atoms with Crippen molar-refractivity contribution in [3.05, 3.63) is 87.1 Å². The number of rotatable bonds is 5. The number of methoxy groups -OCH3 is 2. The number of nitrogens with one attached hydrogen (secondary N) is 1. The number of hydrogen-bond donors (Lipinski definition) is 2. The van der Waals surface area contributed by atoms with Gasteiger partial charge in [0.15, 0.2) is 11.5 Å². The first-order chi connectivity index (χ1) is 15.3. The molecule has 0 aromatic heterocycles. The molecule has 0 saturated heterocycles. The van der Waals surface area contributed by atoms with E-state index in [9.17, 15) is 14.3 Å². The summed E-state index contributed by atoms with van der Waals surface area (Å²) in [4.78, 5) is 12.1. The number of benzene rings is 3. The summed E-state index contributed by atoms with van der Waals surface area (Å²) in [5, 5.41) is 13.3. The molecule has 0 unspecified atom stereocenters. The Kier molecular flexibility index (Phi) is 6.11. The lowest BCUT2D eigenvalue weighted by Gasteiger charge is -2.40. The van der Waals surface area contributed by atoms with Crippen molar-refractivity contribution in [2.45, 2.75) is 18.9 Å². The Bertz CT molecular complexity index is 1180. The van der Waals surface area contributed by atoms with Gasteiger partial charge in [0.2, 0.25) is 0 Å². The van der Waals surface area contributed by atoms with Crippen molar-refractivity contribution in [3.8, 4) is 11.5 Å². The molecule has 5 nitrogen and oxygen atoms in total. The highest BCUT2D eigenvalue weighted by atomic mass is 79.9. The van der Waals surface area contributed by atoms with Crippen molar-refractivity contribution < 1.29 is 23.8 Å². The van der Waals surface area contributed by atoms with Gasteiger partial charge in [-0.3, -0.25) is 0 Å². The first-order valence-corrected chi connectivity index (χ1v) is 10.9. The van der Waals surface area contributed by atoms with Gasteiger partial charge in [0.1, 0.15) is 5.82 Å². The lowest BCUT2D eigenvalue weighted by molar-refractivity contribution is 0.0697. The van der Waals surface area contributed by atoms with Crippen LogP contribution in [-0.4, -0.2) is 25.3 Å². The van der Waals surface area contributed by atoms with Crippen LogP contribution in [0.3, 0.4) is 0 Å². The molecule has 0 spiro atoms. The van der Waals surface area contributed by atoms with Gasteiger partial charge in [-0.1, -0.05) is 41.1 Å². The van der Waals surface area contributed by atoms with E-state index in [-0.39, 0.29) is 29.3 Å². The third-order valence-electron chi connectivity index (χ3n) is 6.03. The van der Waals surface area contributed by atoms with Gasteiger partial charge in [-0.15, -0.1) is 0 Å². The number of fused-ring (bicyclic) bond motifs is 1. The molecule has 0 radical (unpaired) electrons. The molecule has 1 heterocycles. The second kappa shape index (κ2) is 8.82. The molecule has 32 heavy (non-hydrogen) atoms. The third-order valence-corrected chi connectivity index (χ3v) is 6.48. The van der Waals surface area contributed by atoms with Gasteiger partial charge in [-0.25, -0.2) is 9.18 Å². The van der Waals surface area contributed by atoms with Crippen LogP contribution in [-0.2, 0) is 0 Å². The minimum atomic E-state index is -1.03. The van der Waals surface area contributed by atoms with Crippen LogP contribution in [0.5, 0.6) is 11.5 Å². The van der Waals surface area contributed by atoms with Crippen LogP contribution in [0.25, 0.3) is 0 Å². The van der Waals surface area contributed by atoms with E-state index in [4.69, 9.17) is 9.47 Å². The average molecular weight is 500 g/mol. The zero-order chi connectivity index (χ0) is 23.0. The van der Waals surface area contributed by atoms with E-state index in [0.29, 0.717) is 21.7 Å². The van der Waals surface area contributed by atoms with E-state index in [1.54, 1.807) is 26.4 Å². The molecule has 7 heteroatoms. The van der Waals surface area contributed by atoms with E-state index >= 15 is 0 Å². The topological polar surface area (TPSA) is 67.8 Å². The van der Waals surface area contributed by atoms with E-state index in [2.05, 4.69) is 28.2 Å². The molecule has 1 aliphatic heterocycles. The maximum Gasteiger partial charge on any atom is 0.337 e. The Hall–Kier alpha value is -3.06. The van der Waals surface area contributed by atoms with Gasteiger partial charge in [0, 0.05) is 10.4 Å². The molecule has 0 saturated carbocycles. The van der Waals surface area contributed by atoms with Crippen LogP contribution in [0, 0.1) is 11.7 Å². The van der Waals surface area contributed by atoms with Crippen LogP contribution in [0.4, 0.5) is 10.1 Å². The zero-order valence-corrected chi connectivity index (χ0v) is 19.4. The number of carboxylic acid groups (broad SMARTS) is 1. The summed E-state index contributed by atoms with van der Waals surface area (Å²) >= 11 is 3.46. The minimum Gasteiger partial charge on any atom is -0.493 e. The highest BCUT2D eigenvalue weighted by Crippen LogP contribution is 2.50. The van der Waals surface area contributed by atoms with Gasteiger partial charge in [0.05, 0.1) is 31.5 Å².